The van der Waals surface area contributed by atoms with Gasteiger partial charge in [0.2, 0.25) is 5.91 Å². The van der Waals surface area contributed by atoms with Gasteiger partial charge in [-0.2, -0.15) is 5.26 Å². The maximum atomic E-state index is 13.2. The van der Waals surface area contributed by atoms with E-state index in [0.29, 0.717) is 17.8 Å². The van der Waals surface area contributed by atoms with Crippen molar-refractivity contribution in [2.45, 2.75) is 73.3 Å². The van der Waals surface area contributed by atoms with Crippen LogP contribution in [0.25, 0.3) is 16.9 Å². The van der Waals surface area contributed by atoms with Gasteiger partial charge in [-0.15, -0.1) is 0 Å². The van der Waals surface area contributed by atoms with Crippen LogP contribution in [-0.2, 0) is 11.2 Å². The fourth-order valence-electron chi connectivity index (χ4n) is 4.53. The van der Waals surface area contributed by atoms with Crippen LogP contribution in [-0.4, -0.2) is 56.2 Å². The van der Waals surface area contributed by atoms with Gasteiger partial charge in [-0.05, 0) is 63.9 Å². The largest absolute Gasteiger partial charge is 0.490 e. The summed E-state index contributed by atoms with van der Waals surface area (Å²) < 4.78 is 7.53. The van der Waals surface area contributed by atoms with Crippen LogP contribution < -0.4 is 15.4 Å². The van der Waals surface area contributed by atoms with Crippen LogP contribution >= 0.6 is 0 Å². The number of carbonyl (C=O) groups excluding carboxylic acids is 2. The summed E-state index contributed by atoms with van der Waals surface area (Å²) in [6, 6.07) is 17.6. The number of benzene rings is 2. The molecule has 0 bridgehead atoms. The highest BCUT2D eigenvalue weighted by Crippen LogP contribution is 2.25. The van der Waals surface area contributed by atoms with E-state index < -0.39 is 30.1 Å². The van der Waals surface area contributed by atoms with Gasteiger partial charge in [0, 0.05) is 35.6 Å². The number of aliphatic hydroxyl groups excluding tert-OH is 2. The van der Waals surface area contributed by atoms with Crippen LogP contribution in [0, 0.1) is 11.3 Å². The summed E-state index contributed by atoms with van der Waals surface area (Å²) in [5, 5.41) is 34.9. The zero-order valence-corrected chi connectivity index (χ0v) is 24.0. The standard InChI is InChI=1S/C32H35N5O5.2CH4/c1-19(2)42-29-12-11-24(15-25(29)16-33)32(41)35-26(17-34-31(40)21(4)39)14-22-7-9-23(10-8-22)28-18-37-13-5-6-27(20(3)38)30(37)36-28;;/h5-13,15,18-21,26,38-39H,14,17H2,1-4H3,(H,34,40)(H,35,41);2*1H4/t20?,21-,26+;;/m1../s1. The van der Waals surface area contributed by atoms with Crippen molar-refractivity contribution in [1.29, 1.82) is 5.26 Å². The predicted molar refractivity (Wildman–Crippen MR) is 171 cm³/mol. The number of nitrogens with zero attached hydrogens (tertiary/aromatic N) is 3. The summed E-state index contributed by atoms with van der Waals surface area (Å²) in [6.07, 6.45) is 2.21. The number of nitriles is 1. The minimum atomic E-state index is -1.19. The number of aliphatic hydroxyl groups is 2. The van der Waals surface area contributed by atoms with Crippen molar-refractivity contribution in [1.82, 2.24) is 20.0 Å². The lowest BCUT2D eigenvalue weighted by Crippen LogP contribution is -2.46. The molecular weight excluding hydrogens is 558 g/mol. The van der Waals surface area contributed by atoms with Gasteiger partial charge in [0.05, 0.1) is 29.5 Å². The van der Waals surface area contributed by atoms with Crippen molar-refractivity contribution in [2.24, 2.45) is 0 Å². The first kappa shape index (κ1) is 35.5. The third-order valence-corrected chi connectivity index (χ3v) is 6.66. The van der Waals surface area contributed by atoms with E-state index in [-0.39, 0.29) is 38.6 Å². The number of aromatic nitrogens is 2. The summed E-state index contributed by atoms with van der Waals surface area (Å²) in [5.41, 5.74) is 4.50. The number of amides is 2. The van der Waals surface area contributed by atoms with Gasteiger partial charge in [-0.1, -0.05) is 45.2 Å². The first-order valence-corrected chi connectivity index (χ1v) is 13.8. The van der Waals surface area contributed by atoms with Crippen LogP contribution in [0.3, 0.4) is 0 Å². The molecule has 0 radical (unpaired) electrons. The smallest absolute Gasteiger partial charge is 0.251 e. The van der Waals surface area contributed by atoms with Gasteiger partial charge in [0.1, 0.15) is 23.6 Å². The molecule has 234 valence electrons. The van der Waals surface area contributed by atoms with Gasteiger partial charge in [0.25, 0.3) is 5.91 Å². The number of carbonyl (C=O) groups is 2. The highest BCUT2D eigenvalue weighted by molar-refractivity contribution is 5.95. The molecule has 0 fully saturated rings. The summed E-state index contributed by atoms with van der Waals surface area (Å²) in [6.45, 7) is 6.87. The average Bonchev–Trinajstić information content (AvgIpc) is 3.40. The molecule has 2 amide bonds. The minimum Gasteiger partial charge on any atom is -0.490 e. The summed E-state index contributed by atoms with van der Waals surface area (Å²) >= 11 is 0. The Morgan fingerprint density at radius 3 is 2.36 bits per heavy atom. The Balaban J connectivity index is 0.00000337. The van der Waals surface area contributed by atoms with Crippen molar-refractivity contribution >= 4 is 17.5 Å². The molecule has 2 heterocycles. The van der Waals surface area contributed by atoms with E-state index in [9.17, 15) is 25.1 Å². The molecule has 0 aliphatic rings. The molecule has 4 N–H and O–H groups in total. The first-order chi connectivity index (χ1) is 20.0. The van der Waals surface area contributed by atoms with Gasteiger partial charge in [-0.25, -0.2) is 4.98 Å². The Labute approximate surface area is 259 Å². The number of rotatable bonds is 11. The lowest BCUT2D eigenvalue weighted by molar-refractivity contribution is -0.128. The Morgan fingerprint density at radius 2 is 1.75 bits per heavy atom. The van der Waals surface area contributed by atoms with Crippen LogP contribution in [0.1, 0.15) is 75.7 Å². The van der Waals surface area contributed by atoms with Crippen molar-refractivity contribution in [3.05, 3.63) is 89.2 Å². The van der Waals surface area contributed by atoms with Crippen LogP contribution in [0.4, 0.5) is 0 Å². The Hall–Kier alpha value is -4.72. The van der Waals surface area contributed by atoms with Crippen LogP contribution in [0.2, 0.25) is 0 Å². The third-order valence-electron chi connectivity index (χ3n) is 6.66. The molecule has 3 atom stereocenters. The van der Waals surface area contributed by atoms with Crippen LogP contribution in [0.15, 0.2) is 67.0 Å². The van der Waals surface area contributed by atoms with E-state index in [2.05, 4.69) is 16.7 Å². The molecule has 10 nitrogen and oxygen atoms in total. The normalized spacial score (nSPS) is 12.7. The quantitative estimate of drug-likeness (QED) is 0.193. The predicted octanol–water partition coefficient (Wildman–Crippen LogP) is 4.82. The highest BCUT2D eigenvalue weighted by Gasteiger charge is 2.19. The number of hydrogen-bond acceptors (Lipinski definition) is 7. The molecular formula is C34H43N5O5. The van der Waals surface area contributed by atoms with Crippen molar-refractivity contribution < 1.29 is 24.5 Å². The number of fused-ring (bicyclic) bond motifs is 1. The maximum Gasteiger partial charge on any atom is 0.251 e. The Kier molecular flexibility index (Phi) is 12.6. The second-order valence-electron chi connectivity index (χ2n) is 10.5. The van der Waals surface area contributed by atoms with Gasteiger partial charge >= 0.3 is 0 Å². The molecule has 0 aliphatic carbocycles. The molecule has 0 saturated heterocycles. The van der Waals surface area contributed by atoms with E-state index in [1.807, 2.05) is 67.0 Å². The van der Waals surface area contributed by atoms with Gasteiger partial charge in [0.15, 0.2) is 0 Å². The molecule has 2 aromatic carbocycles. The lowest BCUT2D eigenvalue weighted by Gasteiger charge is -2.21. The van der Waals surface area contributed by atoms with Crippen molar-refractivity contribution in [2.75, 3.05) is 6.54 Å². The number of ether oxygens (including phenoxy) is 1. The van der Waals surface area contributed by atoms with E-state index in [0.717, 1.165) is 22.4 Å². The third kappa shape index (κ3) is 8.66. The summed E-state index contributed by atoms with van der Waals surface area (Å²) in [5.74, 6) is -0.554. The Bertz CT molecular complexity index is 1600. The SMILES string of the molecule is C.C.CC(C)Oc1ccc(C(=O)N[C@H](CNC(=O)[C@@H](C)O)Cc2ccc(-c3cn4cccc(C(C)O)c4n3)cc2)cc1C#N. The molecule has 44 heavy (non-hydrogen) atoms. The molecule has 0 spiro atoms. The van der Waals surface area contributed by atoms with Gasteiger partial charge < -0.3 is 30.0 Å². The highest BCUT2D eigenvalue weighted by atomic mass is 16.5. The summed E-state index contributed by atoms with van der Waals surface area (Å²) in [4.78, 5) is 29.9. The molecule has 1 unspecified atom stereocenters. The van der Waals surface area contributed by atoms with Crippen molar-refractivity contribution in [3.63, 3.8) is 0 Å². The number of nitrogens with one attached hydrogen (secondary N) is 2. The first-order valence-electron chi connectivity index (χ1n) is 13.8. The molecule has 10 heteroatoms. The van der Waals surface area contributed by atoms with Crippen LogP contribution in [0.5, 0.6) is 5.75 Å². The monoisotopic (exact) mass is 601 g/mol. The summed E-state index contributed by atoms with van der Waals surface area (Å²) in [7, 11) is 0. The van der Waals surface area contributed by atoms with Gasteiger partial charge in [-0.3, -0.25) is 9.59 Å². The van der Waals surface area contributed by atoms with E-state index in [1.165, 1.54) is 13.0 Å². The number of imidazole rings is 1. The van der Waals surface area contributed by atoms with Crippen molar-refractivity contribution in [3.8, 4) is 23.1 Å². The fourth-order valence-corrected chi connectivity index (χ4v) is 4.53. The zero-order chi connectivity index (χ0) is 30.4. The van der Waals surface area contributed by atoms with E-state index >= 15 is 0 Å². The molecule has 4 aromatic rings. The lowest BCUT2D eigenvalue weighted by atomic mass is 10.0. The Morgan fingerprint density at radius 1 is 1.05 bits per heavy atom. The molecule has 4 rings (SSSR count). The zero-order valence-electron chi connectivity index (χ0n) is 24.0. The second kappa shape index (κ2) is 15.7. The molecule has 2 aromatic heterocycles. The van der Waals surface area contributed by atoms with E-state index in [4.69, 9.17) is 9.72 Å². The average molecular weight is 602 g/mol. The molecule has 0 saturated carbocycles. The second-order valence-corrected chi connectivity index (χ2v) is 10.5. The molecule has 0 aliphatic heterocycles. The van der Waals surface area contributed by atoms with E-state index in [1.54, 1.807) is 19.1 Å². The minimum absolute atomic E-state index is 0. The number of hydrogen-bond donors (Lipinski definition) is 4. The number of pyridine rings is 1. The fraction of sp³-hybridized carbons (Fsp3) is 0.353. The topological polar surface area (TPSA) is 149 Å². The maximum absolute atomic E-state index is 13.2.